The van der Waals surface area contributed by atoms with E-state index in [2.05, 4.69) is 15.4 Å². The van der Waals surface area contributed by atoms with Gasteiger partial charge in [-0.3, -0.25) is 9.59 Å². The quantitative estimate of drug-likeness (QED) is 0.871. The molecule has 2 heterocycles. The Kier molecular flexibility index (Phi) is 3.55. The number of hydrogen-bond acceptors (Lipinski definition) is 4. The number of hydrogen-bond donors (Lipinski definition) is 2. The summed E-state index contributed by atoms with van der Waals surface area (Å²) in [4.78, 5) is 28.7. The lowest BCUT2D eigenvalue weighted by atomic mass is 9.84. The molecule has 24 heavy (non-hydrogen) atoms. The molecule has 4 rings (SSSR count). The van der Waals surface area contributed by atoms with E-state index in [-0.39, 0.29) is 23.8 Å². The Morgan fingerprint density at radius 3 is 2.79 bits per heavy atom. The summed E-state index contributed by atoms with van der Waals surface area (Å²) >= 11 is 0. The number of carbonyl (C=O) groups is 2. The van der Waals surface area contributed by atoms with E-state index in [1.165, 1.54) is 0 Å². The van der Waals surface area contributed by atoms with Gasteiger partial charge in [-0.1, -0.05) is 6.07 Å². The fraction of sp³-hybridized carbons (Fsp3) is 0.412. The second-order valence-electron chi connectivity index (χ2n) is 6.59. The molecule has 2 aliphatic carbocycles. The van der Waals surface area contributed by atoms with Crippen molar-refractivity contribution in [2.24, 2.45) is 23.5 Å². The second kappa shape index (κ2) is 5.74. The van der Waals surface area contributed by atoms with Gasteiger partial charge in [0.15, 0.2) is 5.82 Å². The average molecular weight is 325 g/mol. The van der Waals surface area contributed by atoms with Crippen molar-refractivity contribution in [2.45, 2.75) is 25.3 Å². The molecule has 2 aromatic rings. The Morgan fingerprint density at radius 1 is 1.21 bits per heavy atom. The van der Waals surface area contributed by atoms with Crippen molar-refractivity contribution < 1.29 is 9.59 Å². The zero-order valence-corrected chi connectivity index (χ0v) is 13.1. The van der Waals surface area contributed by atoms with Crippen LogP contribution in [0.3, 0.4) is 0 Å². The van der Waals surface area contributed by atoms with E-state index in [9.17, 15) is 9.59 Å². The van der Waals surface area contributed by atoms with Crippen molar-refractivity contribution in [3.8, 4) is 5.82 Å². The summed E-state index contributed by atoms with van der Waals surface area (Å²) in [5.74, 6) is 0.375. The molecule has 2 saturated carbocycles. The van der Waals surface area contributed by atoms with Crippen LogP contribution < -0.4 is 11.1 Å². The average Bonchev–Trinajstić information content (AvgIpc) is 3.31. The van der Waals surface area contributed by atoms with Gasteiger partial charge in [0.05, 0.1) is 5.92 Å². The number of nitrogens with two attached hydrogens (primary N) is 1. The molecule has 2 aromatic heterocycles. The lowest BCUT2D eigenvalue weighted by Gasteiger charge is -2.29. The van der Waals surface area contributed by atoms with Gasteiger partial charge >= 0.3 is 0 Å². The molecule has 2 fully saturated rings. The van der Waals surface area contributed by atoms with E-state index in [1.807, 2.05) is 0 Å². The third kappa shape index (κ3) is 2.46. The first-order valence-electron chi connectivity index (χ1n) is 8.21. The summed E-state index contributed by atoms with van der Waals surface area (Å²) in [6.07, 6.45) is 6.46. The maximum atomic E-state index is 12.6. The zero-order chi connectivity index (χ0) is 16.7. The first kappa shape index (κ1) is 14.9. The van der Waals surface area contributed by atoms with E-state index in [1.54, 1.807) is 41.3 Å². The third-order valence-electron chi connectivity index (χ3n) is 5.25. The normalized spacial score (nSPS) is 28.0. The summed E-state index contributed by atoms with van der Waals surface area (Å²) in [5.41, 5.74) is 5.87. The van der Waals surface area contributed by atoms with E-state index in [4.69, 9.17) is 5.73 Å². The number of fused-ring (bicyclic) bond motifs is 2. The maximum Gasteiger partial charge on any atom is 0.270 e. The van der Waals surface area contributed by atoms with Crippen LogP contribution in [0, 0.1) is 17.8 Å². The Hall–Kier alpha value is -2.70. The van der Waals surface area contributed by atoms with Gasteiger partial charge in [-0.2, -0.15) is 5.10 Å². The molecule has 7 nitrogen and oxygen atoms in total. The van der Waals surface area contributed by atoms with Crippen LogP contribution in [0.1, 0.15) is 29.8 Å². The van der Waals surface area contributed by atoms with Crippen LogP contribution in [0.25, 0.3) is 5.82 Å². The molecule has 0 unspecified atom stereocenters. The highest BCUT2D eigenvalue weighted by atomic mass is 16.2. The van der Waals surface area contributed by atoms with Crippen LogP contribution in [0.15, 0.2) is 36.7 Å². The van der Waals surface area contributed by atoms with Crippen LogP contribution in [0.2, 0.25) is 0 Å². The molecule has 0 radical (unpaired) electrons. The molecule has 2 bridgehead atoms. The van der Waals surface area contributed by atoms with Gasteiger partial charge in [0.2, 0.25) is 5.91 Å². The minimum absolute atomic E-state index is 0.177. The number of aromatic nitrogens is 3. The molecule has 0 aromatic carbocycles. The highest BCUT2D eigenvalue weighted by Gasteiger charge is 2.50. The molecule has 2 amide bonds. The molecular weight excluding hydrogens is 306 g/mol. The van der Waals surface area contributed by atoms with Gasteiger partial charge < -0.3 is 11.1 Å². The summed E-state index contributed by atoms with van der Waals surface area (Å²) in [6, 6.07) is 6.83. The summed E-state index contributed by atoms with van der Waals surface area (Å²) in [7, 11) is 0. The lowest BCUT2D eigenvalue weighted by Crippen LogP contribution is -2.48. The molecule has 0 spiro atoms. The van der Waals surface area contributed by atoms with Gasteiger partial charge in [-0.05, 0) is 49.3 Å². The Labute approximate surface area is 139 Å². The van der Waals surface area contributed by atoms with E-state index in [0.717, 1.165) is 19.3 Å². The van der Waals surface area contributed by atoms with Gasteiger partial charge in [0.1, 0.15) is 5.69 Å². The molecule has 4 atom stereocenters. The van der Waals surface area contributed by atoms with Crippen molar-refractivity contribution in [3.63, 3.8) is 0 Å². The Balaban J connectivity index is 1.54. The van der Waals surface area contributed by atoms with Crippen LogP contribution >= 0.6 is 0 Å². The number of rotatable bonds is 4. The van der Waals surface area contributed by atoms with Crippen LogP contribution in [0.4, 0.5) is 0 Å². The second-order valence-corrected chi connectivity index (χ2v) is 6.59. The van der Waals surface area contributed by atoms with Gasteiger partial charge in [-0.15, -0.1) is 0 Å². The minimum Gasteiger partial charge on any atom is -0.369 e. The Morgan fingerprint density at radius 2 is 2.04 bits per heavy atom. The number of pyridine rings is 1. The van der Waals surface area contributed by atoms with Crippen molar-refractivity contribution in [3.05, 3.63) is 42.4 Å². The van der Waals surface area contributed by atoms with Gasteiger partial charge in [-0.25, -0.2) is 9.67 Å². The first-order valence-corrected chi connectivity index (χ1v) is 8.21. The summed E-state index contributed by atoms with van der Waals surface area (Å²) < 4.78 is 1.60. The molecule has 7 heteroatoms. The fourth-order valence-electron chi connectivity index (χ4n) is 4.22. The molecule has 2 aliphatic rings. The minimum atomic E-state index is -0.314. The highest BCUT2D eigenvalue weighted by molar-refractivity contribution is 5.93. The molecule has 0 saturated heterocycles. The van der Waals surface area contributed by atoms with Gasteiger partial charge in [0.25, 0.3) is 5.91 Å². The van der Waals surface area contributed by atoms with E-state index in [0.29, 0.717) is 23.3 Å². The molecular formula is C17H19N5O2. The molecule has 3 N–H and O–H groups in total. The van der Waals surface area contributed by atoms with E-state index >= 15 is 0 Å². The number of amides is 2. The van der Waals surface area contributed by atoms with E-state index < -0.39 is 0 Å². The predicted octanol–water partition coefficient (Wildman–Crippen LogP) is 0.897. The largest absolute Gasteiger partial charge is 0.369 e. The van der Waals surface area contributed by atoms with Crippen molar-refractivity contribution in [1.29, 1.82) is 0 Å². The van der Waals surface area contributed by atoms with Crippen molar-refractivity contribution in [1.82, 2.24) is 20.1 Å². The third-order valence-corrected chi connectivity index (χ3v) is 5.25. The first-order chi connectivity index (χ1) is 11.6. The highest BCUT2D eigenvalue weighted by Crippen LogP contribution is 2.48. The topological polar surface area (TPSA) is 103 Å². The predicted molar refractivity (Wildman–Crippen MR) is 86.1 cm³/mol. The summed E-state index contributed by atoms with van der Waals surface area (Å²) in [6.45, 7) is 0. The van der Waals surface area contributed by atoms with Crippen molar-refractivity contribution >= 4 is 11.8 Å². The number of carbonyl (C=O) groups excluding carboxylic acids is 2. The lowest BCUT2D eigenvalue weighted by molar-refractivity contribution is -0.124. The number of primary amides is 1. The fourth-order valence-corrected chi connectivity index (χ4v) is 4.22. The SMILES string of the molecule is NC(=O)[C@H]1[C@H]2CC[C@@H](C2)[C@H]1NC(=O)c1cccc(-n2cccn2)n1. The smallest absolute Gasteiger partial charge is 0.270 e. The Bertz CT molecular complexity index is 773. The number of nitrogens with one attached hydrogen (secondary N) is 1. The van der Waals surface area contributed by atoms with Crippen LogP contribution in [-0.2, 0) is 4.79 Å². The van der Waals surface area contributed by atoms with Crippen LogP contribution in [0.5, 0.6) is 0 Å². The zero-order valence-electron chi connectivity index (χ0n) is 13.1. The maximum absolute atomic E-state index is 12.6. The molecule has 124 valence electrons. The van der Waals surface area contributed by atoms with Crippen molar-refractivity contribution in [2.75, 3.05) is 0 Å². The van der Waals surface area contributed by atoms with Crippen LogP contribution in [-0.4, -0.2) is 32.6 Å². The van der Waals surface area contributed by atoms with Gasteiger partial charge in [0, 0.05) is 18.4 Å². The molecule has 0 aliphatic heterocycles. The standard InChI is InChI=1S/C17H19N5O2/c18-16(23)14-10-5-6-11(9-10)15(14)21-17(24)12-3-1-4-13(20-12)22-8-2-7-19-22/h1-4,7-8,10-11,14-15H,5-6,9H2,(H2,18,23)(H,21,24)/t10-,11-,14-,15+/m0/s1. The number of nitrogens with zero attached hydrogens (tertiary/aromatic N) is 3. The summed E-state index contributed by atoms with van der Waals surface area (Å²) in [5, 5.41) is 7.12. The monoisotopic (exact) mass is 325 g/mol.